The summed E-state index contributed by atoms with van der Waals surface area (Å²) < 4.78 is 2.73. The molecule has 0 aliphatic rings. The summed E-state index contributed by atoms with van der Waals surface area (Å²) in [4.78, 5) is 34.2. The highest BCUT2D eigenvalue weighted by molar-refractivity contribution is 6.28. The molecule has 3 heterocycles. The Morgan fingerprint density at radius 3 is 2.62 bits per heavy atom. The monoisotopic (exact) mass is 456 g/mol. The third-order valence-electron chi connectivity index (χ3n) is 5.41. The van der Waals surface area contributed by atoms with Crippen LogP contribution in [0.3, 0.4) is 0 Å². The van der Waals surface area contributed by atoms with E-state index < -0.39 is 5.56 Å². The number of nitrogens with zero attached hydrogens (tertiary/aromatic N) is 7. The van der Waals surface area contributed by atoms with Crippen LogP contribution in [0.1, 0.15) is 43.1 Å². The van der Waals surface area contributed by atoms with Gasteiger partial charge in [-0.25, -0.2) is 4.79 Å². The summed E-state index contributed by atoms with van der Waals surface area (Å²) in [6, 6.07) is 8.08. The van der Waals surface area contributed by atoms with Gasteiger partial charge in [0.1, 0.15) is 0 Å². The van der Waals surface area contributed by atoms with Crippen LogP contribution in [0.15, 0.2) is 33.9 Å². The van der Waals surface area contributed by atoms with Gasteiger partial charge < -0.3 is 4.98 Å². The molecule has 1 aromatic carbocycles. The minimum absolute atomic E-state index is 0.0903. The highest BCUT2D eigenvalue weighted by atomic mass is 35.5. The second kappa shape index (κ2) is 9.47. The first-order valence-electron chi connectivity index (χ1n) is 10.7. The lowest BCUT2D eigenvalue weighted by molar-refractivity contribution is 0.451. The van der Waals surface area contributed by atoms with Gasteiger partial charge in [0.05, 0.1) is 6.54 Å². The van der Waals surface area contributed by atoms with Crippen molar-refractivity contribution in [3.8, 4) is 0 Å². The van der Waals surface area contributed by atoms with Gasteiger partial charge in [0.2, 0.25) is 5.28 Å². The third-order valence-corrected chi connectivity index (χ3v) is 5.59. The Morgan fingerprint density at radius 1 is 1.06 bits per heavy atom. The third kappa shape index (κ3) is 4.50. The quantitative estimate of drug-likeness (QED) is 0.386. The molecule has 0 fully saturated rings. The van der Waals surface area contributed by atoms with Crippen molar-refractivity contribution in [3.63, 3.8) is 0 Å². The van der Waals surface area contributed by atoms with Crippen LogP contribution in [0.2, 0.25) is 5.28 Å². The highest BCUT2D eigenvalue weighted by Gasteiger charge is 2.16. The van der Waals surface area contributed by atoms with Crippen molar-refractivity contribution >= 4 is 22.8 Å². The normalized spacial score (nSPS) is 11.5. The second-order valence-corrected chi connectivity index (χ2v) is 8.09. The molecule has 0 bridgehead atoms. The van der Waals surface area contributed by atoms with E-state index in [1.807, 2.05) is 25.1 Å². The fourth-order valence-corrected chi connectivity index (χ4v) is 3.82. The van der Waals surface area contributed by atoms with Crippen molar-refractivity contribution in [2.24, 2.45) is 0 Å². The summed E-state index contributed by atoms with van der Waals surface area (Å²) >= 11 is 5.96. The number of H-pyrrole nitrogens is 1. The molecule has 11 heteroatoms. The number of benzene rings is 1. The van der Waals surface area contributed by atoms with E-state index in [0.29, 0.717) is 37.4 Å². The molecule has 0 saturated heterocycles. The number of fused-ring (bicyclic) bond motifs is 1. The van der Waals surface area contributed by atoms with Gasteiger partial charge in [0.15, 0.2) is 17.0 Å². The maximum atomic E-state index is 13.0. The summed E-state index contributed by atoms with van der Waals surface area (Å²) in [7, 11) is 0. The van der Waals surface area contributed by atoms with Crippen molar-refractivity contribution in [1.29, 1.82) is 0 Å². The number of aromatic nitrogens is 8. The van der Waals surface area contributed by atoms with Crippen molar-refractivity contribution < 1.29 is 0 Å². The highest BCUT2D eigenvalue weighted by Crippen LogP contribution is 2.11. The molecule has 0 radical (unpaired) electrons. The largest absolute Gasteiger partial charge is 0.332 e. The van der Waals surface area contributed by atoms with Gasteiger partial charge >= 0.3 is 5.69 Å². The first kappa shape index (κ1) is 21.9. The average Bonchev–Trinajstić information content (AvgIpc) is 3.38. The number of imidazole rings is 1. The first-order valence-corrected chi connectivity index (χ1v) is 11.1. The molecule has 0 amide bonds. The minimum atomic E-state index is -0.427. The Labute approximate surface area is 188 Å². The molecule has 10 nitrogen and oxygen atoms in total. The van der Waals surface area contributed by atoms with Gasteiger partial charge in [-0.15, -0.1) is 10.2 Å². The fraction of sp³-hybridized carbons (Fsp3) is 0.429. The predicted octanol–water partition coefficient (Wildman–Crippen LogP) is 2.32. The van der Waals surface area contributed by atoms with Crippen LogP contribution in [0.4, 0.5) is 0 Å². The average molecular weight is 457 g/mol. The summed E-state index contributed by atoms with van der Waals surface area (Å²) in [6.07, 6.45) is 2.81. The van der Waals surface area contributed by atoms with E-state index >= 15 is 0 Å². The SMILES string of the molecule is CCCCn1c(=O)n(CCCn2nnc(Cc3ccccc3C)n2)c(=O)c2[nH]c(Cl)nc21. The van der Waals surface area contributed by atoms with Gasteiger partial charge in [0, 0.05) is 19.5 Å². The molecule has 3 aromatic heterocycles. The number of nitrogens with one attached hydrogen (secondary N) is 1. The van der Waals surface area contributed by atoms with Crippen LogP contribution in [0, 0.1) is 6.92 Å². The molecule has 4 aromatic rings. The maximum Gasteiger partial charge on any atom is 0.332 e. The van der Waals surface area contributed by atoms with E-state index in [9.17, 15) is 9.59 Å². The van der Waals surface area contributed by atoms with Crippen LogP contribution in [-0.4, -0.2) is 39.3 Å². The standard InChI is InChI=1S/C21H25ClN8O2/c1-3-4-10-28-18-17(23-20(22)24-18)19(31)29(21(28)32)11-7-12-30-26-16(25-27-30)13-15-9-6-5-8-14(15)2/h5-6,8-9H,3-4,7,10-13H2,1-2H3,(H,23,24). The number of rotatable bonds is 9. The molecule has 4 rings (SSSR count). The van der Waals surface area contributed by atoms with Crippen molar-refractivity contribution in [2.75, 3.05) is 0 Å². The van der Waals surface area contributed by atoms with E-state index in [2.05, 4.69) is 38.4 Å². The zero-order chi connectivity index (χ0) is 22.7. The number of aryl methyl sites for hydroxylation is 3. The molecule has 0 aliphatic carbocycles. The van der Waals surface area contributed by atoms with Crippen LogP contribution in [0.25, 0.3) is 11.2 Å². The summed E-state index contributed by atoms with van der Waals surface area (Å²) in [5, 5.41) is 12.7. The van der Waals surface area contributed by atoms with Crippen molar-refractivity contribution in [1.82, 2.24) is 39.3 Å². The molecular weight excluding hydrogens is 432 g/mol. The number of tetrazole rings is 1. The smallest absolute Gasteiger partial charge is 0.323 e. The van der Waals surface area contributed by atoms with E-state index in [1.165, 1.54) is 19.5 Å². The van der Waals surface area contributed by atoms with Crippen LogP contribution >= 0.6 is 11.6 Å². The van der Waals surface area contributed by atoms with Gasteiger partial charge in [-0.1, -0.05) is 37.6 Å². The number of aromatic amines is 1. The van der Waals surface area contributed by atoms with Gasteiger partial charge in [-0.3, -0.25) is 13.9 Å². The zero-order valence-corrected chi connectivity index (χ0v) is 18.8. The van der Waals surface area contributed by atoms with E-state index in [1.54, 1.807) is 0 Å². The Balaban J connectivity index is 1.49. The van der Waals surface area contributed by atoms with E-state index in [0.717, 1.165) is 18.4 Å². The summed E-state index contributed by atoms with van der Waals surface area (Å²) in [6.45, 7) is 5.22. The second-order valence-electron chi connectivity index (χ2n) is 7.73. The lowest BCUT2D eigenvalue weighted by Gasteiger charge is -2.10. The Hall–Kier alpha value is -3.27. The Kier molecular flexibility index (Phi) is 6.50. The number of unbranched alkanes of at least 4 members (excludes halogenated alkanes) is 1. The number of hydrogen-bond donors (Lipinski definition) is 1. The molecule has 32 heavy (non-hydrogen) atoms. The number of halogens is 1. The fourth-order valence-electron chi connectivity index (χ4n) is 3.64. The Morgan fingerprint density at radius 2 is 1.84 bits per heavy atom. The molecule has 168 valence electrons. The first-order chi connectivity index (χ1) is 15.5. The predicted molar refractivity (Wildman–Crippen MR) is 121 cm³/mol. The Bertz CT molecular complexity index is 1350. The molecule has 0 saturated carbocycles. The van der Waals surface area contributed by atoms with Gasteiger partial charge in [-0.2, -0.15) is 9.78 Å². The molecule has 0 atom stereocenters. The van der Waals surface area contributed by atoms with Crippen LogP contribution in [-0.2, 0) is 26.1 Å². The van der Waals surface area contributed by atoms with Crippen LogP contribution < -0.4 is 11.2 Å². The van der Waals surface area contributed by atoms with Crippen LogP contribution in [0.5, 0.6) is 0 Å². The molecular formula is C21H25ClN8O2. The zero-order valence-electron chi connectivity index (χ0n) is 18.1. The minimum Gasteiger partial charge on any atom is -0.323 e. The molecule has 0 spiro atoms. The summed E-state index contributed by atoms with van der Waals surface area (Å²) in [5.74, 6) is 0.631. The number of hydrogen-bond acceptors (Lipinski definition) is 6. The molecule has 0 aliphatic heterocycles. The van der Waals surface area contributed by atoms with Gasteiger partial charge in [-0.05, 0) is 47.7 Å². The van der Waals surface area contributed by atoms with Crippen molar-refractivity contribution in [2.45, 2.75) is 59.2 Å². The van der Waals surface area contributed by atoms with E-state index in [4.69, 9.17) is 11.6 Å². The maximum absolute atomic E-state index is 13.0. The van der Waals surface area contributed by atoms with E-state index in [-0.39, 0.29) is 23.0 Å². The lowest BCUT2D eigenvalue weighted by atomic mass is 10.1. The lowest BCUT2D eigenvalue weighted by Crippen LogP contribution is -2.40. The molecule has 0 unspecified atom stereocenters. The van der Waals surface area contributed by atoms with Gasteiger partial charge in [0.25, 0.3) is 5.56 Å². The van der Waals surface area contributed by atoms with Crippen molar-refractivity contribution in [3.05, 3.63) is 67.3 Å². The molecule has 1 N–H and O–H groups in total. The summed E-state index contributed by atoms with van der Waals surface area (Å²) in [5.41, 5.74) is 2.06. The topological polar surface area (TPSA) is 116 Å².